The Bertz CT molecular complexity index is 906. The first kappa shape index (κ1) is 17.6. The SMILES string of the molecule is COc1ccccc1N1CCN(C(=O)c2cnc(C3CC3)[nH]c2=O)[C@H](C)C1. The molecule has 0 unspecified atom stereocenters. The number of H-pyrrole nitrogens is 1. The van der Waals surface area contributed by atoms with Gasteiger partial charge in [0, 0.05) is 37.8 Å². The van der Waals surface area contributed by atoms with E-state index in [9.17, 15) is 9.59 Å². The van der Waals surface area contributed by atoms with Crippen LogP contribution in [0.4, 0.5) is 5.69 Å². The minimum Gasteiger partial charge on any atom is -0.495 e. The number of carbonyl (C=O) groups excluding carboxylic acids is 1. The molecule has 2 fully saturated rings. The summed E-state index contributed by atoms with van der Waals surface area (Å²) in [4.78, 5) is 36.3. The highest BCUT2D eigenvalue weighted by Crippen LogP contribution is 2.37. The molecule has 0 radical (unpaired) electrons. The van der Waals surface area contributed by atoms with E-state index < -0.39 is 0 Å². The second kappa shape index (κ2) is 7.06. The summed E-state index contributed by atoms with van der Waals surface area (Å²) in [6.07, 6.45) is 3.55. The van der Waals surface area contributed by atoms with Crippen LogP contribution in [0.2, 0.25) is 0 Å². The molecule has 1 N–H and O–H groups in total. The highest BCUT2D eigenvalue weighted by atomic mass is 16.5. The van der Waals surface area contributed by atoms with Gasteiger partial charge < -0.3 is 19.5 Å². The summed E-state index contributed by atoms with van der Waals surface area (Å²) in [6, 6.07) is 7.85. The van der Waals surface area contributed by atoms with Crippen LogP contribution in [0, 0.1) is 0 Å². The van der Waals surface area contributed by atoms with Crippen LogP contribution in [0.3, 0.4) is 0 Å². The van der Waals surface area contributed by atoms with E-state index in [0.29, 0.717) is 31.4 Å². The van der Waals surface area contributed by atoms with Crippen LogP contribution in [-0.4, -0.2) is 53.6 Å². The van der Waals surface area contributed by atoms with Gasteiger partial charge >= 0.3 is 0 Å². The third kappa shape index (κ3) is 3.41. The Morgan fingerprint density at radius 3 is 2.70 bits per heavy atom. The van der Waals surface area contributed by atoms with Crippen LogP contribution in [0.25, 0.3) is 0 Å². The molecular formula is C20H24N4O3. The molecule has 1 aliphatic carbocycles. The van der Waals surface area contributed by atoms with Crippen molar-refractivity contribution in [3.63, 3.8) is 0 Å². The highest BCUT2D eigenvalue weighted by molar-refractivity contribution is 5.94. The van der Waals surface area contributed by atoms with Gasteiger partial charge in [-0.1, -0.05) is 12.1 Å². The number of rotatable bonds is 4. The number of anilines is 1. The molecule has 2 heterocycles. The number of piperazine rings is 1. The maximum atomic E-state index is 12.9. The Labute approximate surface area is 158 Å². The van der Waals surface area contributed by atoms with Gasteiger partial charge in [0.2, 0.25) is 0 Å². The number of carbonyl (C=O) groups is 1. The summed E-state index contributed by atoms with van der Waals surface area (Å²) in [5.41, 5.74) is 0.806. The lowest BCUT2D eigenvalue weighted by Gasteiger charge is -2.41. The largest absolute Gasteiger partial charge is 0.495 e. The first-order valence-corrected chi connectivity index (χ1v) is 9.36. The molecule has 142 valence electrons. The molecule has 1 amide bonds. The summed E-state index contributed by atoms with van der Waals surface area (Å²) in [6.45, 7) is 3.90. The van der Waals surface area contributed by atoms with Gasteiger partial charge in [0.1, 0.15) is 17.1 Å². The van der Waals surface area contributed by atoms with Crippen LogP contribution in [-0.2, 0) is 0 Å². The lowest BCUT2D eigenvalue weighted by Crippen LogP contribution is -2.54. The fourth-order valence-electron chi connectivity index (χ4n) is 3.65. The topological polar surface area (TPSA) is 78.5 Å². The summed E-state index contributed by atoms with van der Waals surface area (Å²) >= 11 is 0. The maximum Gasteiger partial charge on any atom is 0.263 e. The van der Waals surface area contributed by atoms with E-state index in [2.05, 4.69) is 14.9 Å². The number of ether oxygens (including phenoxy) is 1. The van der Waals surface area contributed by atoms with Gasteiger partial charge in [-0.05, 0) is 31.9 Å². The molecule has 2 aliphatic rings. The molecule has 0 bridgehead atoms. The molecule has 1 aromatic carbocycles. The Hall–Kier alpha value is -2.83. The van der Waals surface area contributed by atoms with E-state index in [4.69, 9.17) is 4.74 Å². The average Bonchev–Trinajstić information content (AvgIpc) is 3.52. The molecule has 1 saturated carbocycles. The minimum atomic E-state index is -0.337. The van der Waals surface area contributed by atoms with Gasteiger partial charge in [-0.3, -0.25) is 9.59 Å². The molecular weight excluding hydrogens is 344 g/mol. The van der Waals surface area contributed by atoms with Crippen molar-refractivity contribution in [2.45, 2.75) is 31.7 Å². The predicted octanol–water partition coefficient (Wildman–Crippen LogP) is 2.01. The number of nitrogens with zero attached hydrogens (tertiary/aromatic N) is 3. The van der Waals surface area contributed by atoms with Crippen molar-refractivity contribution in [3.8, 4) is 5.75 Å². The molecule has 1 aromatic heterocycles. The van der Waals surface area contributed by atoms with Crippen molar-refractivity contribution in [1.82, 2.24) is 14.9 Å². The fourth-order valence-corrected chi connectivity index (χ4v) is 3.65. The normalized spacial score (nSPS) is 19.9. The molecule has 1 atom stereocenters. The zero-order valence-corrected chi connectivity index (χ0v) is 15.6. The van der Waals surface area contributed by atoms with E-state index >= 15 is 0 Å². The van der Waals surface area contributed by atoms with E-state index in [-0.39, 0.29) is 23.1 Å². The van der Waals surface area contributed by atoms with Gasteiger partial charge in [0.25, 0.3) is 11.5 Å². The number of methoxy groups -OCH3 is 1. The Balaban J connectivity index is 1.50. The zero-order chi connectivity index (χ0) is 19.0. The summed E-state index contributed by atoms with van der Waals surface area (Å²) in [5.74, 6) is 1.62. The molecule has 7 heteroatoms. The second-order valence-electron chi connectivity index (χ2n) is 7.25. The van der Waals surface area contributed by atoms with Crippen LogP contribution >= 0.6 is 0 Å². The number of aromatic nitrogens is 2. The Morgan fingerprint density at radius 2 is 2.04 bits per heavy atom. The van der Waals surface area contributed by atoms with Gasteiger partial charge in [-0.2, -0.15) is 0 Å². The van der Waals surface area contributed by atoms with Crippen molar-refractivity contribution in [2.75, 3.05) is 31.6 Å². The highest BCUT2D eigenvalue weighted by Gasteiger charge is 2.31. The first-order valence-electron chi connectivity index (χ1n) is 9.36. The van der Waals surface area contributed by atoms with Gasteiger partial charge in [-0.15, -0.1) is 0 Å². The number of hydrogen-bond donors (Lipinski definition) is 1. The number of para-hydroxylation sites is 2. The third-order valence-electron chi connectivity index (χ3n) is 5.33. The van der Waals surface area contributed by atoms with Crippen molar-refractivity contribution < 1.29 is 9.53 Å². The van der Waals surface area contributed by atoms with Crippen molar-refractivity contribution >= 4 is 11.6 Å². The number of amides is 1. The Morgan fingerprint density at radius 1 is 1.26 bits per heavy atom. The quantitative estimate of drug-likeness (QED) is 0.893. The minimum absolute atomic E-state index is 0.0290. The van der Waals surface area contributed by atoms with Crippen LogP contribution < -0.4 is 15.2 Å². The number of benzene rings is 1. The maximum absolute atomic E-state index is 12.9. The van der Waals surface area contributed by atoms with E-state index in [1.54, 1.807) is 12.0 Å². The molecule has 1 saturated heterocycles. The van der Waals surface area contributed by atoms with Crippen LogP contribution in [0.1, 0.15) is 41.9 Å². The zero-order valence-electron chi connectivity index (χ0n) is 15.6. The molecule has 0 spiro atoms. The molecule has 27 heavy (non-hydrogen) atoms. The van der Waals surface area contributed by atoms with Crippen LogP contribution in [0.5, 0.6) is 5.75 Å². The van der Waals surface area contributed by atoms with Crippen molar-refractivity contribution in [3.05, 3.63) is 52.2 Å². The number of aromatic amines is 1. The fraction of sp³-hybridized carbons (Fsp3) is 0.450. The lowest BCUT2D eigenvalue weighted by molar-refractivity contribution is 0.0671. The van der Waals surface area contributed by atoms with Crippen LogP contribution in [0.15, 0.2) is 35.3 Å². The predicted molar refractivity (Wildman–Crippen MR) is 103 cm³/mol. The summed E-state index contributed by atoms with van der Waals surface area (Å²) in [7, 11) is 1.66. The van der Waals surface area contributed by atoms with Gasteiger partial charge in [-0.25, -0.2) is 4.98 Å². The average molecular weight is 368 g/mol. The monoisotopic (exact) mass is 368 g/mol. The molecule has 1 aliphatic heterocycles. The number of hydrogen-bond acceptors (Lipinski definition) is 5. The first-order chi connectivity index (χ1) is 13.1. The molecule has 7 nitrogen and oxygen atoms in total. The summed E-state index contributed by atoms with van der Waals surface area (Å²) < 4.78 is 5.45. The lowest BCUT2D eigenvalue weighted by atomic mass is 10.1. The summed E-state index contributed by atoms with van der Waals surface area (Å²) in [5, 5.41) is 0. The molecule has 2 aromatic rings. The third-order valence-corrected chi connectivity index (χ3v) is 5.33. The van der Waals surface area contributed by atoms with E-state index in [1.165, 1.54) is 6.20 Å². The number of nitrogens with one attached hydrogen (secondary N) is 1. The standard InChI is InChI=1S/C20H24N4O3/c1-13-12-23(16-5-3-4-6-17(16)27-2)9-10-24(13)20(26)15-11-21-18(14-7-8-14)22-19(15)25/h3-6,11,13-14H,7-10,12H2,1-2H3,(H,21,22,25)/t13-/m1/s1. The second-order valence-corrected chi connectivity index (χ2v) is 7.25. The van der Waals surface area contributed by atoms with E-state index in [1.807, 2.05) is 31.2 Å². The van der Waals surface area contributed by atoms with Crippen molar-refractivity contribution in [1.29, 1.82) is 0 Å². The van der Waals surface area contributed by atoms with E-state index in [0.717, 1.165) is 24.3 Å². The Kier molecular flexibility index (Phi) is 4.59. The van der Waals surface area contributed by atoms with Gasteiger partial charge in [0.15, 0.2) is 0 Å². The molecule has 4 rings (SSSR count). The smallest absolute Gasteiger partial charge is 0.263 e. The van der Waals surface area contributed by atoms with Gasteiger partial charge in [0.05, 0.1) is 12.8 Å². The van der Waals surface area contributed by atoms with Crippen molar-refractivity contribution in [2.24, 2.45) is 0 Å².